The summed E-state index contributed by atoms with van der Waals surface area (Å²) in [5.41, 5.74) is 2.89. The summed E-state index contributed by atoms with van der Waals surface area (Å²) in [6, 6.07) is 15.2. The predicted octanol–water partition coefficient (Wildman–Crippen LogP) is 3.43. The smallest absolute Gasteiger partial charge is 0.240 e. The van der Waals surface area contributed by atoms with E-state index in [2.05, 4.69) is 21.2 Å². The minimum Gasteiger partial charge on any atom is -0.350 e. The van der Waals surface area contributed by atoms with Crippen LogP contribution in [0.3, 0.4) is 0 Å². The fourth-order valence-corrected chi connectivity index (χ4v) is 2.62. The Kier molecular flexibility index (Phi) is 5.93. The number of hydrogen-bond donors (Lipinski definition) is 1. The van der Waals surface area contributed by atoms with Crippen LogP contribution < -0.4 is 10.2 Å². The van der Waals surface area contributed by atoms with Gasteiger partial charge in [0.05, 0.1) is 0 Å². The van der Waals surface area contributed by atoms with Gasteiger partial charge in [0, 0.05) is 23.6 Å². The maximum absolute atomic E-state index is 12.2. The number of carbonyl (C=O) groups excluding carboxylic acids is 2. The summed E-state index contributed by atoms with van der Waals surface area (Å²) in [5.74, 6) is -0.363. The van der Waals surface area contributed by atoms with Crippen LogP contribution in [0.5, 0.6) is 0 Å². The molecule has 0 spiro atoms. The van der Waals surface area contributed by atoms with Gasteiger partial charge in [0.2, 0.25) is 11.8 Å². The van der Waals surface area contributed by atoms with Crippen LogP contribution in [0.15, 0.2) is 53.0 Å². The topological polar surface area (TPSA) is 49.4 Å². The lowest BCUT2D eigenvalue weighted by atomic mass is 10.1. The number of aryl methyl sites for hydroxylation is 1. The number of halogens is 1. The lowest BCUT2D eigenvalue weighted by Crippen LogP contribution is -2.39. The molecule has 23 heavy (non-hydrogen) atoms. The van der Waals surface area contributed by atoms with Crippen LogP contribution in [0.25, 0.3) is 0 Å². The number of rotatable bonds is 5. The fraction of sp³-hybridized carbons (Fsp3) is 0.222. The number of carbonyl (C=O) groups is 2. The van der Waals surface area contributed by atoms with E-state index in [0.717, 1.165) is 15.6 Å². The maximum Gasteiger partial charge on any atom is 0.240 e. The van der Waals surface area contributed by atoms with Crippen LogP contribution in [0.2, 0.25) is 0 Å². The number of nitrogens with zero attached hydrogens (tertiary/aromatic N) is 1. The Morgan fingerprint density at radius 3 is 2.52 bits per heavy atom. The molecule has 1 N–H and O–H groups in total. The molecule has 0 aromatic heterocycles. The summed E-state index contributed by atoms with van der Waals surface area (Å²) in [6.07, 6.45) is 0. The molecule has 120 valence electrons. The number of hydrogen-bond acceptors (Lipinski definition) is 2. The van der Waals surface area contributed by atoms with Crippen molar-refractivity contribution in [1.29, 1.82) is 0 Å². The third kappa shape index (κ3) is 4.93. The van der Waals surface area contributed by atoms with E-state index < -0.39 is 0 Å². The van der Waals surface area contributed by atoms with E-state index in [1.54, 1.807) is 6.07 Å². The summed E-state index contributed by atoms with van der Waals surface area (Å²) < 4.78 is 0.863. The van der Waals surface area contributed by atoms with Gasteiger partial charge in [0.1, 0.15) is 6.54 Å². The number of amides is 2. The molecule has 0 radical (unpaired) electrons. The Balaban J connectivity index is 2.01. The highest BCUT2D eigenvalue weighted by atomic mass is 79.9. The van der Waals surface area contributed by atoms with Crippen LogP contribution in [0, 0.1) is 6.92 Å². The molecule has 0 heterocycles. The Labute approximate surface area is 144 Å². The van der Waals surface area contributed by atoms with Gasteiger partial charge in [-0.3, -0.25) is 9.59 Å². The Morgan fingerprint density at radius 1 is 1.13 bits per heavy atom. The van der Waals surface area contributed by atoms with Crippen molar-refractivity contribution >= 4 is 33.4 Å². The molecule has 4 nitrogen and oxygen atoms in total. The zero-order chi connectivity index (χ0) is 16.8. The van der Waals surface area contributed by atoms with E-state index in [4.69, 9.17) is 0 Å². The van der Waals surface area contributed by atoms with Crippen molar-refractivity contribution in [2.24, 2.45) is 0 Å². The molecule has 2 amide bonds. The Hall–Kier alpha value is -2.14. The highest BCUT2D eigenvalue weighted by Gasteiger charge is 2.16. The lowest BCUT2D eigenvalue weighted by Gasteiger charge is -2.21. The minimum absolute atomic E-state index is 0.00231. The first-order chi connectivity index (χ1) is 11.0. The zero-order valence-corrected chi connectivity index (χ0v) is 14.8. The quantitative estimate of drug-likeness (QED) is 0.871. The predicted molar refractivity (Wildman–Crippen MR) is 95.2 cm³/mol. The lowest BCUT2D eigenvalue weighted by molar-refractivity contribution is -0.123. The monoisotopic (exact) mass is 374 g/mol. The van der Waals surface area contributed by atoms with Crippen molar-refractivity contribution in [1.82, 2.24) is 5.32 Å². The van der Waals surface area contributed by atoms with Crippen LogP contribution >= 0.6 is 15.9 Å². The molecule has 0 aliphatic carbocycles. The molecule has 0 aliphatic heterocycles. The summed E-state index contributed by atoms with van der Waals surface area (Å²) in [4.78, 5) is 25.5. The van der Waals surface area contributed by atoms with Crippen molar-refractivity contribution in [2.45, 2.75) is 20.4 Å². The van der Waals surface area contributed by atoms with Crippen molar-refractivity contribution < 1.29 is 9.59 Å². The molecule has 2 rings (SSSR count). The average Bonchev–Trinajstić information content (AvgIpc) is 2.51. The SMILES string of the molecule is CC(=O)N(CC(=O)NCc1ccccc1C)c1cccc(Br)c1. The second kappa shape index (κ2) is 7.92. The Bertz CT molecular complexity index is 716. The van der Waals surface area contributed by atoms with Gasteiger partial charge in [-0.2, -0.15) is 0 Å². The van der Waals surface area contributed by atoms with Gasteiger partial charge in [-0.25, -0.2) is 0 Å². The van der Waals surface area contributed by atoms with E-state index in [9.17, 15) is 9.59 Å². The fourth-order valence-electron chi connectivity index (χ4n) is 2.23. The minimum atomic E-state index is -0.191. The average molecular weight is 375 g/mol. The number of nitrogens with one attached hydrogen (secondary N) is 1. The zero-order valence-electron chi connectivity index (χ0n) is 13.2. The third-order valence-corrected chi connectivity index (χ3v) is 4.03. The van der Waals surface area contributed by atoms with Crippen LogP contribution in [-0.4, -0.2) is 18.4 Å². The molecule has 5 heteroatoms. The molecule has 0 aliphatic rings. The second-order valence-electron chi connectivity index (χ2n) is 5.29. The van der Waals surface area contributed by atoms with Crippen molar-refractivity contribution in [3.8, 4) is 0 Å². The van der Waals surface area contributed by atoms with Crippen molar-refractivity contribution in [3.63, 3.8) is 0 Å². The first-order valence-corrected chi connectivity index (χ1v) is 8.11. The van der Waals surface area contributed by atoms with E-state index in [1.165, 1.54) is 11.8 Å². The van der Waals surface area contributed by atoms with Gasteiger partial charge < -0.3 is 10.2 Å². The molecule has 0 fully saturated rings. The number of anilines is 1. The van der Waals surface area contributed by atoms with E-state index >= 15 is 0 Å². The van der Waals surface area contributed by atoms with Crippen molar-refractivity contribution in [3.05, 3.63) is 64.1 Å². The summed E-state index contributed by atoms with van der Waals surface area (Å²) in [6.45, 7) is 3.91. The molecular weight excluding hydrogens is 356 g/mol. The summed E-state index contributed by atoms with van der Waals surface area (Å²) in [7, 11) is 0. The van der Waals surface area contributed by atoms with Crippen LogP contribution in [0.4, 0.5) is 5.69 Å². The second-order valence-corrected chi connectivity index (χ2v) is 6.20. The van der Waals surface area contributed by atoms with Gasteiger partial charge in [-0.05, 0) is 36.2 Å². The molecule has 2 aromatic carbocycles. The van der Waals surface area contributed by atoms with Crippen LogP contribution in [-0.2, 0) is 16.1 Å². The molecule has 0 bridgehead atoms. The van der Waals surface area contributed by atoms with Crippen LogP contribution in [0.1, 0.15) is 18.1 Å². The largest absolute Gasteiger partial charge is 0.350 e. The molecule has 0 saturated heterocycles. The third-order valence-electron chi connectivity index (χ3n) is 3.54. The first kappa shape index (κ1) is 17.2. The van der Waals surface area contributed by atoms with Gasteiger partial charge in [-0.15, -0.1) is 0 Å². The molecule has 0 unspecified atom stereocenters. The first-order valence-electron chi connectivity index (χ1n) is 7.32. The van der Waals surface area contributed by atoms with E-state index in [-0.39, 0.29) is 18.4 Å². The van der Waals surface area contributed by atoms with E-state index in [0.29, 0.717) is 12.2 Å². The molecule has 2 aromatic rings. The van der Waals surface area contributed by atoms with Crippen molar-refractivity contribution in [2.75, 3.05) is 11.4 Å². The molecule has 0 saturated carbocycles. The standard InChI is InChI=1S/C18H19BrN2O2/c1-13-6-3-4-7-15(13)11-20-18(23)12-21(14(2)22)17-9-5-8-16(19)10-17/h3-10H,11-12H2,1-2H3,(H,20,23). The Morgan fingerprint density at radius 2 is 1.87 bits per heavy atom. The van der Waals surface area contributed by atoms with Gasteiger partial charge in [0.25, 0.3) is 0 Å². The van der Waals surface area contributed by atoms with Gasteiger partial charge in [0.15, 0.2) is 0 Å². The number of benzene rings is 2. The highest BCUT2D eigenvalue weighted by molar-refractivity contribution is 9.10. The molecule has 0 atom stereocenters. The summed E-state index contributed by atoms with van der Waals surface area (Å²) in [5, 5.41) is 2.86. The molecular formula is C18H19BrN2O2. The van der Waals surface area contributed by atoms with Gasteiger partial charge >= 0.3 is 0 Å². The highest BCUT2D eigenvalue weighted by Crippen LogP contribution is 2.20. The van der Waals surface area contributed by atoms with E-state index in [1.807, 2.05) is 49.4 Å². The van der Waals surface area contributed by atoms with Gasteiger partial charge in [-0.1, -0.05) is 46.3 Å². The summed E-state index contributed by atoms with van der Waals surface area (Å²) >= 11 is 3.38. The normalized spacial score (nSPS) is 10.2. The maximum atomic E-state index is 12.2.